The summed E-state index contributed by atoms with van der Waals surface area (Å²) in [5.74, 6) is 0.519. The van der Waals surface area contributed by atoms with Gasteiger partial charge in [-0.2, -0.15) is 0 Å². The summed E-state index contributed by atoms with van der Waals surface area (Å²) in [6.45, 7) is 10.2. The van der Waals surface area contributed by atoms with Gasteiger partial charge in [-0.15, -0.1) is 0 Å². The van der Waals surface area contributed by atoms with E-state index in [1.807, 2.05) is 45.9 Å². The summed E-state index contributed by atoms with van der Waals surface area (Å²) in [4.78, 5) is 25.0. The number of rotatable bonds is 7. The number of aryl methyl sites for hydroxylation is 2. The summed E-state index contributed by atoms with van der Waals surface area (Å²) < 4.78 is 5.83. The Kier molecular flexibility index (Phi) is 6.99. The quantitative estimate of drug-likeness (QED) is 0.773. The van der Waals surface area contributed by atoms with Gasteiger partial charge in [0.2, 0.25) is 0 Å². The predicted molar refractivity (Wildman–Crippen MR) is 108 cm³/mol. The van der Waals surface area contributed by atoms with E-state index in [4.69, 9.17) is 4.74 Å². The third-order valence-electron chi connectivity index (χ3n) is 4.12. The van der Waals surface area contributed by atoms with Crippen molar-refractivity contribution < 1.29 is 14.3 Å². The smallest absolute Gasteiger partial charge is 0.265 e. The molecule has 1 unspecified atom stereocenters. The molecule has 0 bridgehead atoms. The largest absolute Gasteiger partial charge is 0.481 e. The fourth-order valence-corrected chi connectivity index (χ4v) is 2.49. The van der Waals surface area contributed by atoms with Crippen molar-refractivity contribution in [2.75, 3.05) is 11.9 Å². The summed E-state index contributed by atoms with van der Waals surface area (Å²) >= 11 is 0. The Bertz CT molecular complexity index is 815. The van der Waals surface area contributed by atoms with Crippen LogP contribution in [0.5, 0.6) is 5.75 Å². The normalized spacial score (nSPS) is 11.8. The zero-order valence-corrected chi connectivity index (χ0v) is 16.6. The molecular weight excluding hydrogens is 340 g/mol. The van der Waals surface area contributed by atoms with Gasteiger partial charge < -0.3 is 15.4 Å². The Balaban J connectivity index is 2.09. The van der Waals surface area contributed by atoms with Crippen molar-refractivity contribution in [3.8, 4) is 5.75 Å². The van der Waals surface area contributed by atoms with Crippen LogP contribution in [0.15, 0.2) is 42.5 Å². The minimum Gasteiger partial charge on any atom is -0.481 e. The number of nitrogens with one attached hydrogen (secondary N) is 2. The van der Waals surface area contributed by atoms with Crippen molar-refractivity contribution in [2.24, 2.45) is 5.92 Å². The molecule has 0 aliphatic rings. The first kappa shape index (κ1) is 20.5. The zero-order chi connectivity index (χ0) is 20.0. The van der Waals surface area contributed by atoms with Crippen molar-refractivity contribution in [1.82, 2.24) is 5.32 Å². The Labute approximate surface area is 161 Å². The van der Waals surface area contributed by atoms with Gasteiger partial charge in [-0.05, 0) is 56.0 Å². The SMILES string of the molecule is Cc1ccc(C)c(OC(C)C(=O)Nc2ccccc2C(=O)NCC(C)C)c1. The Morgan fingerprint density at radius 1 is 1.04 bits per heavy atom. The van der Waals surface area contributed by atoms with E-state index in [0.717, 1.165) is 11.1 Å². The molecule has 0 aliphatic heterocycles. The summed E-state index contributed by atoms with van der Waals surface area (Å²) in [5.41, 5.74) is 2.94. The van der Waals surface area contributed by atoms with Gasteiger partial charge in [0.15, 0.2) is 6.10 Å². The van der Waals surface area contributed by atoms with E-state index in [1.165, 1.54) is 0 Å². The molecule has 0 aliphatic carbocycles. The van der Waals surface area contributed by atoms with Crippen LogP contribution in [0.1, 0.15) is 42.3 Å². The number of hydrogen-bond acceptors (Lipinski definition) is 3. The van der Waals surface area contributed by atoms with Gasteiger partial charge in [0, 0.05) is 6.54 Å². The standard InChI is InChI=1S/C22H28N2O3/c1-14(2)13-23-22(26)18-8-6-7-9-19(18)24-21(25)17(5)27-20-12-15(3)10-11-16(20)4/h6-12,14,17H,13H2,1-5H3,(H,23,26)(H,24,25). The van der Waals surface area contributed by atoms with Crippen LogP contribution >= 0.6 is 0 Å². The average Bonchev–Trinajstić information content (AvgIpc) is 2.63. The van der Waals surface area contributed by atoms with Crippen LogP contribution in [-0.4, -0.2) is 24.5 Å². The van der Waals surface area contributed by atoms with Gasteiger partial charge in [0.25, 0.3) is 11.8 Å². The molecule has 5 nitrogen and oxygen atoms in total. The van der Waals surface area contributed by atoms with Gasteiger partial charge >= 0.3 is 0 Å². The lowest BCUT2D eigenvalue weighted by Gasteiger charge is -2.18. The number of carbonyl (C=O) groups excluding carboxylic acids is 2. The van der Waals surface area contributed by atoms with Gasteiger partial charge in [0.1, 0.15) is 5.75 Å². The predicted octanol–water partition coefficient (Wildman–Crippen LogP) is 4.10. The number of ether oxygens (including phenoxy) is 1. The second-order valence-electron chi connectivity index (χ2n) is 7.17. The molecule has 0 aromatic heterocycles. The van der Waals surface area contributed by atoms with Crippen LogP contribution in [0.3, 0.4) is 0 Å². The van der Waals surface area contributed by atoms with E-state index in [0.29, 0.717) is 29.5 Å². The molecule has 2 aromatic carbocycles. The number of benzene rings is 2. The Hall–Kier alpha value is -2.82. The molecule has 2 rings (SSSR count). The molecule has 0 heterocycles. The average molecular weight is 368 g/mol. The first-order chi connectivity index (χ1) is 12.8. The van der Waals surface area contributed by atoms with Gasteiger partial charge in [-0.25, -0.2) is 0 Å². The minimum atomic E-state index is -0.697. The Morgan fingerprint density at radius 3 is 2.44 bits per heavy atom. The maximum Gasteiger partial charge on any atom is 0.265 e. The molecule has 27 heavy (non-hydrogen) atoms. The number of hydrogen-bond donors (Lipinski definition) is 2. The fraction of sp³-hybridized carbons (Fsp3) is 0.364. The van der Waals surface area contributed by atoms with E-state index in [9.17, 15) is 9.59 Å². The third-order valence-corrected chi connectivity index (χ3v) is 4.12. The van der Waals surface area contributed by atoms with E-state index < -0.39 is 6.10 Å². The number of anilines is 1. The molecule has 0 spiro atoms. The third kappa shape index (κ3) is 5.84. The van der Waals surface area contributed by atoms with E-state index in [-0.39, 0.29) is 11.8 Å². The van der Waals surface area contributed by atoms with Crippen LogP contribution in [0.4, 0.5) is 5.69 Å². The van der Waals surface area contributed by atoms with Crippen molar-refractivity contribution in [3.05, 3.63) is 59.2 Å². The first-order valence-electron chi connectivity index (χ1n) is 9.20. The highest BCUT2D eigenvalue weighted by Crippen LogP contribution is 2.21. The summed E-state index contributed by atoms with van der Waals surface area (Å²) in [7, 11) is 0. The lowest BCUT2D eigenvalue weighted by Crippen LogP contribution is -2.32. The molecule has 1 atom stereocenters. The highest BCUT2D eigenvalue weighted by atomic mass is 16.5. The van der Waals surface area contributed by atoms with Crippen molar-refractivity contribution in [2.45, 2.75) is 40.7 Å². The first-order valence-corrected chi connectivity index (χ1v) is 9.20. The lowest BCUT2D eigenvalue weighted by atomic mass is 10.1. The molecule has 0 saturated carbocycles. The maximum atomic E-state index is 12.6. The van der Waals surface area contributed by atoms with Gasteiger partial charge in [-0.3, -0.25) is 9.59 Å². The van der Waals surface area contributed by atoms with E-state index >= 15 is 0 Å². The summed E-state index contributed by atoms with van der Waals surface area (Å²) in [6, 6.07) is 12.8. The van der Waals surface area contributed by atoms with Gasteiger partial charge in [0.05, 0.1) is 11.3 Å². The molecule has 0 saturated heterocycles. The van der Waals surface area contributed by atoms with E-state index in [2.05, 4.69) is 10.6 Å². The molecule has 144 valence electrons. The van der Waals surface area contributed by atoms with Crippen LogP contribution in [0.25, 0.3) is 0 Å². The highest BCUT2D eigenvalue weighted by molar-refractivity contribution is 6.04. The zero-order valence-electron chi connectivity index (χ0n) is 16.6. The van der Waals surface area contributed by atoms with Crippen LogP contribution < -0.4 is 15.4 Å². The maximum absolute atomic E-state index is 12.6. The Morgan fingerprint density at radius 2 is 1.74 bits per heavy atom. The number of amides is 2. The molecule has 0 radical (unpaired) electrons. The van der Waals surface area contributed by atoms with E-state index in [1.54, 1.807) is 31.2 Å². The summed E-state index contributed by atoms with van der Waals surface area (Å²) in [6.07, 6.45) is -0.697. The monoisotopic (exact) mass is 368 g/mol. The lowest BCUT2D eigenvalue weighted by molar-refractivity contribution is -0.122. The van der Waals surface area contributed by atoms with Crippen molar-refractivity contribution >= 4 is 17.5 Å². The molecule has 2 aromatic rings. The van der Waals surface area contributed by atoms with Gasteiger partial charge in [-0.1, -0.05) is 38.1 Å². The summed E-state index contributed by atoms with van der Waals surface area (Å²) in [5, 5.41) is 5.68. The molecule has 2 amide bonds. The van der Waals surface area contributed by atoms with Crippen LogP contribution in [0, 0.1) is 19.8 Å². The molecular formula is C22H28N2O3. The molecule has 2 N–H and O–H groups in total. The van der Waals surface area contributed by atoms with Crippen molar-refractivity contribution in [1.29, 1.82) is 0 Å². The molecule has 5 heteroatoms. The number of carbonyl (C=O) groups is 2. The topological polar surface area (TPSA) is 67.4 Å². The minimum absolute atomic E-state index is 0.206. The highest BCUT2D eigenvalue weighted by Gasteiger charge is 2.19. The second kappa shape index (κ2) is 9.21. The second-order valence-corrected chi connectivity index (χ2v) is 7.17. The number of para-hydroxylation sites is 1. The van der Waals surface area contributed by atoms with Crippen LogP contribution in [-0.2, 0) is 4.79 Å². The van der Waals surface area contributed by atoms with Crippen molar-refractivity contribution in [3.63, 3.8) is 0 Å². The van der Waals surface area contributed by atoms with Crippen LogP contribution in [0.2, 0.25) is 0 Å². The molecule has 0 fully saturated rings. The fourth-order valence-electron chi connectivity index (χ4n) is 2.49.